The number of rotatable bonds is 2. The van der Waals surface area contributed by atoms with E-state index in [2.05, 4.69) is 0 Å². The number of hydrogen-bond donors (Lipinski definition) is 0. The first-order chi connectivity index (χ1) is 5.29. The summed E-state index contributed by atoms with van der Waals surface area (Å²) in [5.41, 5.74) is 1.06. The van der Waals surface area contributed by atoms with Gasteiger partial charge in [-0.3, -0.25) is 4.79 Å². The maximum absolute atomic E-state index is 10.5. The van der Waals surface area contributed by atoms with Gasteiger partial charge in [-0.15, -0.1) is 0 Å². The van der Waals surface area contributed by atoms with E-state index in [1.807, 2.05) is 36.4 Å². The molecule has 0 spiro atoms. The third kappa shape index (κ3) is 3.76. The van der Waals surface area contributed by atoms with Gasteiger partial charge in [0.15, 0.2) is 5.78 Å². The van der Waals surface area contributed by atoms with Crippen LogP contribution in [0.5, 0.6) is 0 Å². The van der Waals surface area contributed by atoms with Crippen molar-refractivity contribution in [2.45, 2.75) is 6.92 Å². The van der Waals surface area contributed by atoms with Crippen LogP contribution < -0.4 is 0 Å². The average Bonchev–Trinajstić information content (AvgIpc) is 2.03. The first-order valence-electron chi connectivity index (χ1n) is 3.53. The average molecular weight is 157 g/mol. The van der Waals surface area contributed by atoms with Gasteiger partial charge in [0, 0.05) is 8.41 Å². The molecular weight excluding hydrogens is 147 g/mol. The van der Waals surface area contributed by atoms with E-state index in [0.717, 1.165) is 5.56 Å². The number of carbonyl (C=O) groups is 1. The molecule has 0 N–H and O–H groups in total. The van der Waals surface area contributed by atoms with E-state index in [0.29, 0.717) is 0 Å². The molecular formula is C10H10BO. The molecule has 12 heavy (non-hydrogen) atoms. The summed E-state index contributed by atoms with van der Waals surface area (Å²) in [6.07, 6.45) is 3.37. The lowest BCUT2D eigenvalue weighted by Crippen LogP contribution is -1.79. The fourth-order valence-corrected chi connectivity index (χ4v) is 0.778. The van der Waals surface area contributed by atoms with Crippen LogP contribution in [-0.4, -0.2) is 14.2 Å². The molecule has 0 fully saturated rings. The minimum atomic E-state index is 0. The lowest BCUT2D eigenvalue weighted by molar-refractivity contribution is -0.112. The first-order valence-corrected chi connectivity index (χ1v) is 3.53. The summed E-state index contributed by atoms with van der Waals surface area (Å²) in [6, 6.07) is 9.75. The molecule has 0 aromatic heterocycles. The Balaban J connectivity index is 0.00000121. The smallest absolute Gasteiger partial charge is 0.152 e. The topological polar surface area (TPSA) is 17.1 Å². The third-order valence-corrected chi connectivity index (χ3v) is 1.31. The molecule has 0 heterocycles. The summed E-state index contributed by atoms with van der Waals surface area (Å²) in [5, 5.41) is 0. The quantitative estimate of drug-likeness (QED) is 0.473. The molecule has 1 rings (SSSR count). The zero-order valence-electron chi connectivity index (χ0n) is 7.03. The van der Waals surface area contributed by atoms with Crippen LogP contribution in [0.25, 0.3) is 6.08 Å². The predicted molar refractivity (Wildman–Crippen MR) is 51.9 cm³/mol. The van der Waals surface area contributed by atoms with Crippen molar-refractivity contribution in [1.29, 1.82) is 0 Å². The number of hydrogen-bond acceptors (Lipinski definition) is 1. The molecule has 0 saturated heterocycles. The fraction of sp³-hybridized carbons (Fsp3) is 0.100. The van der Waals surface area contributed by atoms with Gasteiger partial charge < -0.3 is 0 Å². The summed E-state index contributed by atoms with van der Waals surface area (Å²) in [7, 11) is 0. The monoisotopic (exact) mass is 157 g/mol. The van der Waals surface area contributed by atoms with E-state index in [1.54, 1.807) is 13.0 Å². The highest BCUT2D eigenvalue weighted by Gasteiger charge is 1.83. The Morgan fingerprint density at radius 3 is 2.33 bits per heavy atom. The van der Waals surface area contributed by atoms with Crippen LogP contribution in [-0.2, 0) is 4.79 Å². The highest BCUT2D eigenvalue weighted by molar-refractivity contribution is 5.91. The Morgan fingerprint density at radius 1 is 1.25 bits per heavy atom. The second-order valence-corrected chi connectivity index (χ2v) is 2.35. The molecule has 2 heteroatoms. The van der Waals surface area contributed by atoms with Crippen LogP contribution in [0.3, 0.4) is 0 Å². The molecule has 1 aromatic rings. The van der Waals surface area contributed by atoms with E-state index >= 15 is 0 Å². The first kappa shape index (κ1) is 10.7. The number of ketones is 1. The zero-order chi connectivity index (χ0) is 8.10. The molecule has 0 bridgehead atoms. The van der Waals surface area contributed by atoms with E-state index in [9.17, 15) is 4.79 Å². The molecule has 0 aliphatic heterocycles. The third-order valence-electron chi connectivity index (χ3n) is 1.31. The van der Waals surface area contributed by atoms with Gasteiger partial charge in [-0.1, -0.05) is 36.4 Å². The van der Waals surface area contributed by atoms with E-state index < -0.39 is 0 Å². The van der Waals surface area contributed by atoms with Crippen LogP contribution in [0.2, 0.25) is 0 Å². The molecule has 1 aromatic carbocycles. The lowest BCUT2D eigenvalue weighted by atomic mass is 10.2. The van der Waals surface area contributed by atoms with Crippen LogP contribution >= 0.6 is 0 Å². The van der Waals surface area contributed by atoms with Crippen molar-refractivity contribution in [3.63, 3.8) is 0 Å². The summed E-state index contributed by atoms with van der Waals surface area (Å²) in [5.74, 6) is 0.0776. The van der Waals surface area contributed by atoms with Crippen LogP contribution in [0.4, 0.5) is 0 Å². The number of allylic oxidation sites excluding steroid dienone is 1. The van der Waals surface area contributed by atoms with E-state index in [4.69, 9.17) is 0 Å². The molecule has 0 unspecified atom stereocenters. The maximum atomic E-state index is 10.5. The molecule has 59 valence electrons. The van der Waals surface area contributed by atoms with Crippen molar-refractivity contribution in [2.75, 3.05) is 0 Å². The van der Waals surface area contributed by atoms with E-state index in [-0.39, 0.29) is 14.2 Å². The van der Waals surface area contributed by atoms with Crippen molar-refractivity contribution in [2.24, 2.45) is 0 Å². The lowest BCUT2D eigenvalue weighted by Gasteiger charge is -1.88. The number of benzene rings is 1. The van der Waals surface area contributed by atoms with Crippen LogP contribution in [0.1, 0.15) is 12.5 Å². The minimum absolute atomic E-state index is 0. The molecule has 0 saturated carbocycles. The number of carbonyl (C=O) groups excluding carboxylic acids is 1. The Bertz CT molecular complexity index is 264. The summed E-state index contributed by atoms with van der Waals surface area (Å²) >= 11 is 0. The van der Waals surface area contributed by atoms with Gasteiger partial charge in [0.1, 0.15) is 0 Å². The van der Waals surface area contributed by atoms with E-state index in [1.165, 1.54) is 0 Å². The standard InChI is InChI=1S/C10H10O.B/c1-9(11)7-8-10-5-3-2-4-6-10;/h2-8H,1H3;/b8-7+;. The molecule has 0 atom stereocenters. The van der Waals surface area contributed by atoms with Gasteiger partial charge in [-0.2, -0.15) is 0 Å². The van der Waals surface area contributed by atoms with Crippen molar-refractivity contribution in [1.82, 2.24) is 0 Å². The summed E-state index contributed by atoms with van der Waals surface area (Å²) < 4.78 is 0. The summed E-state index contributed by atoms with van der Waals surface area (Å²) in [6.45, 7) is 1.54. The van der Waals surface area contributed by atoms with Gasteiger partial charge in [-0.25, -0.2) is 0 Å². The normalized spacial score (nSPS) is 9.42. The fourth-order valence-electron chi connectivity index (χ4n) is 0.778. The van der Waals surface area contributed by atoms with Crippen molar-refractivity contribution < 1.29 is 4.79 Å². The van der Waals surface area contributed by atoms with Crippen LogP contribution in [0.15, 0.2) is 36.4 Å². The Hall–Kier alpha value is -1.31. The van der Waals surface area contributed by atoms with Crippen molar-refractivity contribution in [3.8, 4) is 0 Å². The highest BCUT2D eigenvalue weighted by atomic mass is 16.1. The second-order valence-electron chi connectivity index (χ2n) is 2.35. The molecule has 1 nitrogen and oxygen atoms in total. The SMILES string of the molecule is CC(=O)/C=C/c1ccccc1.[B]. The largest absolute Gasteiger partial charge is 0.295 e. The Kier molecular flexibility index (Phi) is 4.78. The molecule has 0 aliphatic rings. The second kappa shape index (κ2) is 5.36. The predicted octanol–water partition coefficient (Wildman–Crippen LogP) is 1.91. The Labute approximate surface area is 74.7 Å². The minimum Gasteiger partial charge on any atom is -0.295 e. The van der Waals surface area contributed by atoms with Gasteiger partial charge in [0.2, 0.25) is 0 Å². The van der Waals surface area contributed by atoms with Crippen molar-refractivity contribution >= 4 is 20.3 Å². The molecule has 0 aliphatic carbocycles. The van der Waals surface area contributed by atoms with Gasteiger partial charge >= 0.3 is 0 Å². The molecule has 0 amide bonds. The zero-order valence-corrected chi connectivity index (χ0v) is 7.03. The maximum Gasteiger partial charge on any atom is 0.152 e. The molecule has 3 radical (unpaired) electrons. The van der Waals surface area contributed by atoms with Crippen LogP contribution in [0, 0.1) is 0 Å². The summed E-state index contributed by atoms with van der Waals surface area (Å²) in [4.78, 5) is 10.5. The van der Waals surface area contributed by atoms with Gasteiger partial charge in [0.05, 0.1) is 0 Å². The van der Waals surface area contributed by atoms with Crippen molar-refractivity contribution in [3.05, 3.63) is 42.0 Å². The Morgan fingerprint density at radius 2 is 1.83 bits per heavy atom. The van der Waals surface area contributed by atoms with Gasteiger partial charge in [-0.05, 0) is 18.6 Å². The van der Waals surface area contributed by atoms with Gasteiger partial charge in [0.25, 0.3) is 0 Å². The highest BCUT2D eigenvalue weighted by Crippen LogP contribution is 2.00.